The van der Waals surface area contributed by atoms with Crippen LogP contribution in [-0.2, 0) is 0 Å². The summed E-state index contributed by atoms with van der Waals surface area (Å²) in [6, 6.07) is 21.4. The van der Waals surface area contributed by atoms with Crippen LogP contribution >= 0.6 is 0 Å². The Kier molecular flexibility index (Phi) is 2.84. The van der Waals surface area contributed by atoms with Crippen LogP contribution in [0, 0.1) is 11.8 Å². The lowest BCUT2D eigenvalue weighted by atomic mass is 10.0. The molecule has 16 heavy (non-hydrogen) atoms. The lowest BCUT2D eigenvalue weighted by Gasteiger charge is -2.00. The second-order valence-corrected chi connectivity index (χ2v) is 3.55. The van der Waals surface area contributed by atoms with E-state index in [2.05, 4.69) is 67.2 Å². The molecule has 0 aliphatic carbocycles. The second-order valence-electron chi connectivity index (χ2n) is 3.55. The third-order valence-corrected chi connectivity index (χ3v) is 2.61. The van der Waals surface area contributed by atoms with Gasteiger partial charge in [-0.05, 0) is 33.7 Å². The molecule has 0 bridgehead atoms. The van der Waals surface area contributed by atoms with Gasteiger partial charge in [0.15, 0.2) is 0 Å². The van der Waals surface area contributed by atoms with Crippen molar-refractivity contribution in [1.29, 1.82) is 5.26 Å². The highest BCUT2D eigenvalue weighted by Gasteiger charge is 1.95. The molecular weight excluding hydrogens is 194 g/mol. The van der Waals surface area contributed by atoms with Crippen LogP contribution in [0.2, 0.25) is 0 Å². The Morgan fingerprint density at radius 1 is 0.562 bits per heavy atom. The molecule has 0 saturated carbocycles. The van der Waals surface area contributed by atoms with Crippen LogP contribution in [0.5, 0.6) is 0 Å². The topological polar surface area (TPSA) is 23.8 Å². The van der Waals surface area contributed by atoms with Gasteiger partial charge in [0, 0.05) is 6.57 Å². The third-order valence-electron chi connectivity index (χ3n) is 2.61. The molecule has 0 unspecified atom stereocenters. The normalized spacial score (nSPS) is 9.62. The molecule has 0 heterocycles. The number of nitrogens with zero attached hydrogens (tertiary/aromatic N) is 1. The fourth-order valence-electron chi connectivity index (χ4n) is 1.88. The SMILES string of the molecule is C#N.c1ccc2cc3ccccc3cc2c1. The number of benzene rings is 3. The van der Waals surface area contributed by atoms with Crippen LogP contribution in [-0.4, -0.2) is 0 Å². The predicted molar refractivity (Wildman–Crippen MR) is 68.1 cm³/mol. The molecule has 0 aliphatic rings. The Bertz CT molecular complexity index is 533. The van der Waals surface area contributed by atoms with Gasteiger partial charge < -0.3 is 0 Å². The van der Waals surface area contributed by atoms with E-state index in [1.807, 2.05) is 0 Å². The monoisotopic (exact) mass is 205 g/mol. The van der Waals surface area contributed by atoms with Gasteiger partial charge in [0.05, 0.1) is 0 Å². The quantitative estimate of drug-likeness (QED) is 0.506. The molecule has 1 nitrogen and oxygen atoms in total. The van der Waals surface area contributed by atoms with Crippen molar-refractivity contribution in [3.8, 4) is 6.57 Å². The van der Waals surface area contributed by atoms with Crippen LogP contribution < -0.4 is 0 Å². The third kappa shape index (κ3) is 1.74. The first-order valence-electron chi connectivity index (χ1n) is 5.07. The molecule has 76 valence electrons. The average molecular weight is 205 g/mol. The number of nitriles is 1. The number of fused-ring (bicyclic) bond motifs is 2. The van der Waals surface area contributed by atoms with E-state index in [1.165, 1.54) is 21.5 Å². The standard InChI is InChI=1S/C14H10.CHN/c1-2-6-12-10-14-8-4-3-7-13(14)9-11(12)5-1;1-2/h1-10H;1H. The van der Waals surface area contributed by atoms with Gasteiger partial charge in [-0.3, -0.25) is 0 Å². The summed E-state index contributed by atoms with van der Waals surface area (Å²) >= 11 is 0. The minimum absolute atomic E-state index is 1.31. The van der Waals surface area contributed by atoms with Crippen LogP contribution in [0.25, 0.3) is 21.5 Å². The van der Waals surface area contributed by atoms with E-state index >= 15 is 0 Å². The fourth-order valence-corrected chi connectivity index (χ4v) is 1.88. The van der Waals surface area contributed by atoms with E-state index in [4.69, 9.17) is 5.26 Å². The Morgan fingerprint density at radius 2 is 0.812 bits per heavy atom. The van der Waals surface area contributed by atoms with Gasteiger partial charge >= 0.3 is 0 Å². The van der Waals surface area contributed by atoms with Gasteiger partial charge in [0.25, 0.3) is 0 Å². The van der Waals surface area contributed by atoms with Crippen molar-refractivity contribution < 1.29 is 0 Å². The number of hydrogen-bond acceptors (Lipinski definition) is 1. The van der Waals surface area contributed by atoms with E-state index in [9.17, 15) is 0 Å². The zero-order valence-electron chi connectivity index (χ0n) is 8.80. The maximum Gasteiger partial charge on any atom is 0.0462 e. The van der Waals surface area contributed by atoms with Gasteiger partial charge in [-0.2, -0.15) is 0 Å². The molecule has 0 aromatic heterocycles. The molecule has 3 rings (SSSR count). The molecule has 3 aromatic carbocycles. The summed E-state index contributed by atoms with van der Waals surface area (Å²) in [6.07, 6.45) is 0. The minimum Gasteiger partial charge on any atom is -0.202 e. The predicted octanol–water partition coefficient (Wildman–Crippen LogP) is 4.13. The molecule has 0 atom stereocenters. The molecule has 0 N–H and O–H groups in total. The summed E-state index contributed by atoms with van der Waals surface area (Å²) in [5.41, 5.74) is 0. The van der Waals surface area contributed by atoms with Gasteiger partial charge in [-0.25, -0.2) is 5.26 Å². The van der Waals surface area contributed by atoms with Gasteiger partial charge in [-0.1, -0.05) is 48.5 Å². The molecule has 0 spiro atoms. The molecule has 0 saturated heterocycles. The molecule has 1 heteroatoms. The Morgan fingerprint density at radius 3 is 1.06 bits per heavy atom. The maximum atomic E-state index is 6.50. The summed E-state index contributed by atoms with van der Waals surface area (Å²) in [5, 5.41) is 11.7. The highest BCUT2D eigenvalue weighted by atomic mass is 14.2. The zero-order valence-corrected chi connectivity index (χ0v) is 8.80. The van der Waals surface area contributed by atoms with E-state index in [-0.39, 0.29) is 0 Å². The lowest BCUT2D eigenvalue weighted by molar-refractivity contribution is 1.58. The van der Waals surface area contributed by atoms with Gasteiger partial charge in [-0.15, -0.1) is 0 Å². The lowest BCUT2D eigenvalue weighted by Crippen LogP contribution is -1.74. The minimum atomic E-state index is 1.31. The Balaban J connectivity index is 0.000000457. The van der Waals surface area contributed by atoms with Crippen molar-refractivity contribution in [3.63, 3.8) is 0 Å². The molecule has 0 radical (unpaired) electrons. The van der Waals surface area contributed by atoms with Crippen molar-refractivity contribution >= 4 is 21.5 Å². The van der Waals surface area contributed by atoms with Crippen molar-refractivity contribution in [2.75, 3.05) is 0 Å². The highest BCUT2D eigenvalue weighted by Crippen LogP contribution is 2.21. The molecule has 3 aromatic rings. The summed E-state index contributed by atoms with van der Waals surface area (Å²) in [4.78, 5) is 0. The van der Waals surface area contributed by atoms with Gasteiger partial charge in [0.2, 0.25) is 0 Å². The van der Waals surface area contributed by atoms with Crippen molar-refractivity contribution in [2.45, 2.75) is 0 Å². The van der Waals surface area contributed by atoms with Gasteiger partial charge in [0.1, 0.15) is 0 Å². The molecular formula is C15H11N. The Hall–Kier alpha value is -2.33. The van der Waals surface area contributed by atoms with E-state index in [0.29, 0.717) is 0 Å². The second kappa shape index (κ2) is 4.46. The number of hydrogen-bond donors (Lipinski definition) is 0. The molecule has 0 amide bonds. The van der Waals surface area contributed by atoms with E-state index < -0.39 is 0 Å². The number of rotatable bonds is 0. The smallest absolute Gasteiger partial charge is 0.0462 e. The maximum absolute atomic E-state index is 6.50. The highest BCUT2D eigenvalue weighted by molar-refractivity contribution is 5.97. The van der Waals surface area contributed by atoms with E-state index in [0.717, 1.165) is 0 Å². The Labute approximate surface area is 94.6 Å². The zero-order chi connectivity index (χ0) is 11.4. The molecule has 0 fully saturated rings. The summed E-state index contributed by atoms with van der Waals surface area (Å²) in [5.74, 6) is 0. The summed E-state index contributed by atoms with van der Waals surface area (Å²) in [6.45, 7) is 3.50. The van der Waals surface area contributed by atoms with Crippen molar-refractivity contribution in [1.82, 2.24) is 0 Å². The van der Waals surface area contributed by atoms with Crippen LogP contribution in [0.15, 0.2) is 60.7 Å². The first-order valence-corrected chi connectivity index (χ1v) is 5.07. The first kappa shape index (κ1) is 10.2. The van der Waals surface area contributed by atoms with Crippen LogP contribution in [0.3, 0.4) is 0 Å². The average Bonchev–Trinajstić information content (AvgIpc) is 2.38. The summed E-state index contributed by atoms with van der Waals surface area (Å²) < 4.78 is 0. The van der Waals surface area contributed by atoms with Crippen LogP contribution in [0.4, 0.5) is 0 Å². The summed E-state index contributed by atoms with van der Waals surface area (Å²) in [7, 11) is 0. The van der Waals surface area contributed by atoms with Crippen molar-refractivity contribution in [2.24, 2.45) is 0 Å². The largest absolute Gasteiger partial charge is 0.202 e. The first-order chi connectivity index (χ1) is 7.93. The molecule has 0 aliphatic heterocycles. The van der Waals surface area contributed by atoms with E-state index in [1.54, 1.807) is 0 Å². The van der Waals surface area contributed by atoms with Crippen LogP contribution in [0.1, 0.15) is 0 Å². The fraction of sp³-hybridized carbons (Fsp3) is 0. The van der Waals surface area contributed by atoms with Crippen molar-refractivity contribution in [3.05, 3.63) is 60.7 Å².